The lowest BCUT2D eigenvalue weighted by Gasteiger charge is -2.07. The maximum absolute atomic E-state index is 5.24. The second-order valence-electron chi connectivity index (χ2n) is 3.41. The van der Waals surface area contributed by atoms with E-state index in [4.69, 9.17) is 4.74 Å². The highest BCUT2D eigenvalue weighted by Crippen LogP contribution is 1.98. The summed E-state index contributed by atoms with van der Waals surface area (Å²) in [5.41, 5.74) is 0. The van der Waals surface area contributed by atoms with Crippen molar-refractivity contribution in [1.29, 1.82) is 0 Å². The van der Waals surface area contributed by atoms with Gasteiger partial charge in [-0.25, -0.2) is 4.98 Å². The third kappa shape index (κ3) is 4.44. The number of ether oxygens (including phenoxy) is 1. The summed E-state index contributed by atoms with van der Waals surface area (Å²) in [6.07, 6.45) is 5.03. The van der Waals surface area contributed by atoms with Gasteiger partial charge in [-0.1, -0.05) is 6.92 Å². The summed E-state index contributed by atoms with van der Waals surface area (Å²) in [4.78, 5) is 4.31. The minimum atomic E-state index is 0.769. The second-order valence-corrected chi connectivity index (χ2v) is 3.41. The van der Waals surface area contributed by atoms with Crippen LogP contribution < -0.4 is 5.32 Å². The van der Waals surface area contributed by atoms with Crippen LogP contribution in [-0.4, -0.2) is 29.3 Å². The van der Waals surface area contributed by atoms with Crippen molar-refractivity contribution in [2.75, 3.05) is 19.8 Å². The fourth-order valence-corrected chi connectivity index (χ4v) is 1.44. The highest BCUT2D eigenvalue weighted by molar-refractivity contribution is 4.91. The summed E-state index contributed by atoms with van der Waals surface area (Å²) in [6.45, 7) is 8.48. The fourth-order valence-electron chi connectivity index (χ4n) is 1.44. The predicted octanol–water partition coefficient (Wildman–Crippen LogP) is 1.42. The lowest BCUT2D eigenvalue weighted by atomic mass is 10.4. The molecule has 1 aromatic rings. The Kier molecular flexibility index (Phi) is 6.04. The molecule has 1 heterocycles. The number of imidazole rings is 1. The van der Waals surface area contributed by atoms with Crippen LogP contribution >= 0.6 is 0 Å². The smallest absolute Gasteiger partial charge is 0.122 e. The largest absolute Gasteiger partial charge is 0.380 e. The van der Waals surface area contributed by atoms with E-state index in [-0.39, 0.29) is 0 Å². The maximum Gasteiger partial charge on any atom is 0.122 e. The van der Waals surface area contributed by atoms with Crippen LogP contribution in [0.1, 0.15) is 26.1 Å². The molecule has 0 aliphatic heterocycles. The van der Waals surface area contributed by atoms with Crippen molar-refractivity contribution >= 4 is 0 Å². The molecular weight excluding hydrogens is 190 g/mol. The summed E-state index contributed by atoms with van der Waals surface area (Å²) >= 11 is 0. The Balaban J connectivity index is 2.21. The molecule has 0 spiro atoms. The van der Waals surface area contributed by atoms with Crippen LogP contribution in [0.25, 0.3) is 0 Å². The van der Waals surface area contributed by atoms with Gasteiger partial charge < -0.3 is 14.6 Å². The summed E-state index contributed by atoms with van der Waals surface area (Å²) in [7, 11) is 0. The summed E-state index contributed by atoms with van der Waals surface area (Å²) in [5, 5.41) is 3.31. The van der Waals surface area contributed by atoms with Crippen molar-refractivity contribution in [1.82, 2.24) is 14.9 Å². The van der Waals surface area contributed by atoms with Crippen molar-refractivity contribution in [3.63, 3.8) is 0 Å². The number of hydrogen-bond acceptors (Lipinski definition) is 3. The van der Waals surface area contributed by atoms with Gasteiger partial charge >= 0.3 is 0 Å². The molecule has 0 aliphatic carbocycles. The molecule has 0 amide bonds. The van der Waals surface area contributed by atoms with Gasteiger partial charge in [0.15, 0.2) is 0 Å². The van der Waals surface area contributed by atoms with E-state index < -0.39 is 0 Å². The minimum absolute atomic E-state index is 0.769. The number of rotatable bonds is 8. The van der Waals surface area contributed by atoms with Crippen LogP contribution in [0.2, 0.25) is 0 Å². The van der Waals surface area contributed by atoms with Gasteiger partial charge in [0.25, 0.3) is 0 Å². The van der Waals surface area contributed by atoms with Crippen LogP contribution in [0.15, 0.2) is 12.4 Å². The predicted molar refractivity (Wildman–Crippen MR) is 60.7 cm³/mol. The van der Waals surface area contributed by atoms with Gasteiger partial charge in [0.05, 0.1) is 13.2 Å². The highest BCUT2D eigenvalue weighted by atomic mass is 16.5. The zero-order valence-corrected chi connectivity index (χ0v) is 9.70. The molecule has 0 fully saturated rings. The fraction of sp³-hybridized carbons (Fsp3) is 0.727. The van der Waals surface area contributed by atoms with Crippen LogP contribution in [0.5, 0.6) is 0 Å². The topological polar surface area (TPSA) is 39.1 Å². The van der Waals surface area contributed by atoms with E-state index in [0.29, 0.717) is 0 Å². The average molecular weight is 211 g/mol. The summed E-state index contributed by atoms with van der Waals surface area (Å²) in [6, 6.07) is 0. The Morgan fingerprint density at radius 2 is 2.33 bits per heavy atom. The first-order valence-corrected chi connectivity index (χ1v) is 5.67. The van der Waals surface area contributed by atoms with E-state index in [1.165, 1.54) is 0 Å². The summed E-state index contributed by atoms with van der Waals surface area (Å²) in [5.74, 6) is 1.10. The summed E-state index contributed by atoms with van der Waals surface area (Å²) < 4.78 is 7.43. The van der Waals surface area contributed by atoms with Crippen molar-refractivity contribution in [2.45, 2.75) is 33.4 Å². The Bertz CT molecular complexity index is 260. The van der Waals surface area contributed by atoms with Crippen molar-refractivity contribution in [3.05, 3.63) is 18.2 Å². The molecule has 4 heteroatoms. The van der Waals surface area contributed by atoms with Gasteiger partial charge in [-0.05, 0) is 13.3 Å². The minimum Gasteiger partial charge on any atom is -0.380 e. The first-order chi connectivity index (χ1) is 7.38. The van der Waals surface area contributed by atoms with E-state index in [1.54, 1.807) is 0 Å². The molecule has 86 valence electrons. The second kappa shape index (κ2) is 7.43. The molecule has 1 aromatic heterocycles. The maximum atomic E-state index is 5.24. The van der Waals surface area contributed by atoms with Gasteiger partial charge in [-0.15, -0.1) is 0 Å². The number of nitrogens with zero attached hydrogens (tertiary/aromatic N) is 2. The van der Waals surface area contributed by atoms with Gasteiger partial charge in [0.1, 0.15) is 5.82 Å². The van der Waals surface area contributed by atoms with E-state index in [2.05, 4.69) is 21.8 Å². The third-order valence-electron chi connectivity index (χ3n) is 2.18. The molecule has 0 bridgehead atoms. The molecule has 0 radical (unpaired) electrons. The first kappa shape index (κ1) is 12.2. The standard InChI is InChI=1S/C11H21N3O/c1-3-7-14-8-5-13-11(14)10-12-6-9-15-4-2/h5,8,12H,3-4,6-7,9-10H2,1-2H3. The Labute approximate surface area is 91.7 Å². The molecule has 1 rings (SSSR count). The molecule has 0 saturated heterocycles. The van der Waals surface area contributed by atoms with Gasteiger partial charge in [0.2, 0.25) is 0 Å². The quantitative estimate of drug-likeness (QED) is 0.661. The SMILES string of the molecule is CCCn1ccnc1CNCCOCC. The molecular formula is C11H21N3O. The molecule has 1 N–H and O–H groups in total. The van der Waals surface area contributed by atoms with E-state index in [1.807, 2.05) is 19.3 Å². The van der Waals surface area contributed by atoms with E-state index >= 15 is 0 Å². The lowest BCUT2D eigenvalue weighted by Crippen LogP contribution is -2.21. The molecule has 0 saturated carbocycles. The van der Waals surface area contributed by atoms with Gasteiger partial charge in [-0.3, -0.25) is 0 Å². The first-order valence-electron chi connectivity index (χ1n) is 5.67. The average Bonchev–Trinajstić information content (AvgIpc) is 2.66. The van der Waals surface area contributed by atoms with Crippen molar-refractivity contribution in [3.8, 4) is 0 Å². The van der Waals surface area contributed by atoms with Crippen LogP contribution in [0.3, 0.4) is 0 Å². The molecule has 0 aromatic carbocycles. The number of nitrogens with one attached hydrogen (secondary N) is 1. The van der Waals surface area contributed by atoms with Crippen LogP contribution in [-0.2, 0) is 17.8 Å². The molecule has 0 atom stereocenters. The highest BCUT2D eigenvalue weighted by Gasteiger charge is 2.00. The van der Waals surface area contributed by atoms with Crippen molar-refractivity contribution in [2.24, 2.45) is 0 Å². The Hall–Kier alpha value is -0.870. The zero-order valence-electron chi connectivity index (χ0n) is 9.70. The lowest BCUT2D eigenvalue weighted by molar-refractivity contribution is 0.149. The Morgan fingerprint density at radius 3 is 3.07 bits per heavy atom. The monoisotopic (exact) mass is 211 g/mol. The Morgan fingerprint density at radius 1 is 1.47 bits per heavy atom. The van der Waals surface area contributed by atoms with E-state index in [0.717, 1.165) is 45.1 Å². The van der Waals surface area contributed by atoms with Crippen LogP contribution in [0, 0.1) is 0 Å². The van der Waals surface area contributed by atoms with Crippen molar-refractivity contribution < 1.29 is 4.74 Å². The molecule has 0 unspecified atom stereocenters. The molecule has 0 aliphatic rings. The number of aryl methyl sites for hydroxylation is 1. The number of aromatic nitrogens is 2. The zero-order chi connectivity index (χ0) is 10.9. The van der Waals surface area contributed by atoms with Crippen LogP contribution in [0.4, 0.5) is 0 Å². The molecule has 4 nitrogen and oxygen atoms in total. The van der Waals surface area contributed by atoms with Gasteiger partial charge in [-0.2, -0.15) is 0 Å². The molecule has 15 heavy (non-hydrogen) atoms. The normalized spacial score (nSPS) is 10.8. The number of hydrogen-bond donors (Lipinski definition) is 1. The van der Waals surface area contributed by atoms with Gasteiger partial charge in [0, 0.05) is 32.1 Å². The van der Waals surface area contributed by atoms with E-state index in [9.17, 15) is 0 Å². The third-order valence-corrected chi connectivity index (χ3v) is 2.18.